The van der Waals surface area contributed by atoms with Crippen molar-refractivity contribution in [3.8, 4) is 0 Å². The molecular formula is C22H27N5O2. The number of urea groups is 1. The average Bonchev–Trinajstić information content (AvgIpc) is 3.33. The Morgan fingerprint density at radius 2 is 2.17 bits per heavy atom. The van der Waals surface area contributed by atoms with E-state index in [2.05, 4.69) is 20.9 Å². The van der Waals surface area contributed by atoms with Gasteiger partial charge < -0.3 is 19.5 Å². The molecule has 0 aliphatic carbocycles. The second-order valence-electron chi connectivity index (χ2n) is 7.64. The van der Waals surface area contributed by atoms with Gasteiger partial charge in [-0.3, -0.25) is 0 Å². The average molecular weight is 393 g/mol. The van der Waals surface area contributed by atoms with Gasteiger partial charge in [-0.2, -0.15) is 0 Å². The number of methoxy groups -OCH3 is 1. The fourth-order valence-corrected chi connectivity index (χ4v) is 3.99. The Labute approximate surface area is 170 Å². The van der Waals surface area contributed by atoms with E-state index >= 15 is 0 Å². The van der Waals surface area contributed by atoms with Crippen molar-refractivity contribution in [3.05, 3.63) is 53.5 Å². The molecule has 0 saturated carbocycles. The Bertz CT molecular complexity index is 1030. The van der Waals surface area contributed by atoms with Crippen LogP contribution in [-0.2, 0) is 11.3 Å². The molecule has 0 spiro atoms. The van der Waals surface area contributed by atoms with Crippen LogP contribution < -0.4 is 5.32 Å². The molecule has 4 rings (SSSR count). The molecule has 7 nitrogen and oxygen atoms in total. The number of carbonyl (C=O) groups excluding carboxylic acids is 1. The first-order valence-corrected chi connectivity index (χ1v) is 10.00. The summed E-state index contributed by atoms with van der Waals surface area (Å²) in [7, 11) is 1.70. The number of hydrogen-bond donors (Lipinski definition) is 1. The van der Waals surface area contributed by atoms with E-state index in [9.17, 15) is 4.79 Å². The number of nitrogens with zero attached hydrogens (tertiary/aromatic N) is 4. The lowest BCUT2D eigenvalue weighted by molar-refractivity contribution is 0.186. The fraction of sp³-hybridized carbons (Fsp3) is 0.409. The van der Waals surface area contributed by atoms with Crippen LogP contribution in [0.4, 0.5) is 10.5 Å². The lowest BCUT2D eigenvalue weighted by Gasteiger charge is -2.19. The van der Waals surface area contributed by atoms with Gasteiger partial charge in [0.05, 0.1) is 6.61 Å². The predicted molar refractivity (Wildman–Crippen MR) is 113 cm³/mol. The molecule has 7 heteroatoms. The minimum absolute atomic E-state index is 0.0582. The summed E-state index contributed by atoms with van der Waals surface area (Å²) in [4.78, 5) is 24.0. The number of pyridine rings is 1. The molecule has 3 aromatic rings. The number of hydrogen-bond acceptors (Lipinski definition) is 4. The second-order valence-corrected chi connectivity index (χ2v) is 7.64. The highest BCUT2D eigenvalue weighted by Gasteiger charge is 2.31. The van der Waals surface area contributed by atoms with Gasteiger partial charge in [-0.15, -0.1) is 0 Å². The van der Waals surface area contributed by atoms with Crippen LogP contribution in [0.15, 0.2) is 36.5 Å². The number of aryl methyl sites for hydroxylation is 2. The Hall–Kier alpha value is -2.93. The molecule has 2 amide bonds. The fourth-order valence-electron chi connectivity index (χ4n) is 3.99. The van der Waals surface area contributed by atoms with Crippen LogP contribution in [0.3, 0.4) is 0 Å². The summed E-state index contributed by atoms with van der Waals surface area (Å²) in [6, 6.07) is 9.88. The van der Waals surface area contributed by atoms with Crippen molar-refractivity contribution in [3.63, 3.8) is 0 Å². The maximum Gasteiger partial charge on any atom is 0.321 e. The summed E-state index contributed by atoms with van der Waals surface area (Å²) in [6.45, 7) is 6.72. The van der Waals surface area contributed by atoms with E-state index in [4.69, 9.17) is 9.72 Å². The van der Waals surface area contributed by atoms with E-state index < -0.39 is 0 Å². The smallest absolute Gasteiger partial charge is 0.321 e. The number of likely N-dealkylation sites (tertiary alicyclic amines) is 1. The molecule has 3 heterocycles. The first kappa shape index (κ1) is 19.4. The number of fused-ring (bicyclic) bond motifs is 1. The Morgan fingerprint density at radius 3 is 2.97 bits per heavy atom. The molecule has 0 radical (unpaired) electrons. The topological polar surface area (TPSA) is 72.3 Å². The van der Waals surface area contributed by atoms with E-state index in [-0.39, 0.29) is 11.9 Å². The summed E-state index contributed by atoms with van der Waals surface area (Å²) in [6.07, 6.45) is 2.67. The van der Waals surface area contributed by atoms with Gasteiger partial charge in [-0.1, -0.05) is 17.7 Å². The van der Waals surface area contributed by atoms with E-state index in [0.29, 0.717) is 26.2 Å². The number of ether oxygens (including phenoxy) is 1. The largest absolute Gasteiger partial charge is 0.383 e. The van der Waals surface area contributed by atoms with Crippen LogP contribution >= 0.6 is 0 Å². The van der Waals surface area contributed by atoms with Gasteiger partial charge in [0.1, 0.15) is 11.3 Å². The molecule has 1 saturated heterocycles. The molecule has 1 aliphatic rings. The molecule has 152 valence electrons. The predicted octanol–water partition coefficient (Wildman–Crippen LogP) is 3.72. The van der Waals surface area contributed by atoms with Gasteiger partial charge in [0.15, 0.2) is 5.65 Å². The number of imidazole rings is 1. The molecule has 1 fully saturated rings. The zero-order valence-electron chi connectivity index (χ0n) is 17.2. The van der Waals surface area contributed by atoms with Crippen molar-refractivity contribution in [2.24, 2.45) is 0 Å². The van der Waals surface area contributed by atoms with Gasteiger partial charge in [0, 0.05) is 44.5 Å². The quantitative estimate of drug-likeness (QED) is 0.717. The van der Waals surface area contributed by atoms with Crippen LogP contribution in [0.25, 0.3) is 11.2 Å². The maximum absolute atomic E-state index is 12.8. The number of aromatic nitrogens is 3. The summed E-state index contributed by atoms with van der Waals surface area (Å²) < 4.78 is 7.41. The minimum atomic E-state index is -0.0582. The van der Waals surface area contributed by atoms with Gasteiger partial charge in [0.2, 0.25) is 0 Å². The number of carbonyl (C=O) groups is 1. The van der Waals surface area contributed by atoms with Crippen molar-refractivity contribution in [2.45, 2.75) is 32.7 Å². The summed E-state index contributed by atoms with van der Waals surface area (Å²) in [5.41, 5.74) is 4.88. The van der Waals surface area contributed by atoms with E-state index in [1.54, 1.807) is 13.3 Å². The van der Waals surface area contributed by atoms with Crippen molar-refractivity contribution < 1.29 is 9.53 Å². The summed E-state index contributed by atoms with van der Waals surface area (Å²) in [5, 5.41) is 3.05. The molecule has 0 unspecified atom stereocenters. The molecule has 1 aliphatic heterocycles. The summed E-state index contributed by atoms with van der Waals surface area (Å²) in [5.74, 6) is 1.17. The SMILES string of the molecule is COCCn1c([C@H]2CCN(C(=O)Nc3ccc(C)cc3C)C2)nc2cccnc21. The third kappa shape index (κ3) is 3.96. The van der Waals surface area contributed by atoms with Gasteiger partial charge in [-0.05, 0) is 44.0 Å². The van der Waals surface area contributed by atoms with Crippen LogP contribution in [0, 0.1) is 13.8 Å². The normalized spacial score (nSPS) is 16.5. The second kappa shape index (κ2) is 8.21. The number of amides is 2. The lowest BCUT2D eigenvalue weighted by atomic mass is 10.1. The minimum Gasteiger partial charge on any atom is -0.383 e. The molecule has 1 N–H and O–H groups in total. The zero-order chi connectivity index (χ0) is 20.4. The standard InChI is InChI=1S/C22H27N5O2/c1-15-6-7-18(16(2)13-15)25-22(28)26-10-8-17(14-26)20-24-19-5-4-9-23-21(19)27(20)11-12-29-3/h4-7,9,13,17H,8,10-12,14H2,1-3H3,(H,25,28)/t17-/m0/s1. The van der Waals surface area contributed by atoms with E-state index in [1.807, 2.05) is 43.0 Å². The number of benzene rings is 1. The molecular weight excluding hydrogens is 366 g/mol. The van der Waals surface area contributed by atoms with Gasteiger partial charge >= 0.3 is 6.03 Å². The van der Waals surface area contributed by atoms with Crippen molar-refractivity contribution in [1.82, 2.24) is 19.4 Å². The molecule has 0 bridgehead atoms. The Balaban J connectivity index is 1.51. The van der Waals surface area contributed by atoms with Crippen molar-refractivity contribution in [1.29, 1.82) is 0 Å². The highest BCUT2D eigenvalue weighted by Crippen LogP contribution is 2.29. The molecule has 1 aromatic carbocycles. The molecule has 2 aromatic heterocycles. The first-order chi connectivity index (χ1) is 14.1. The Kier molecular flexibility index (Phi) is 5.49. The lowest BCUT2D eigenvalue weighted by Crippen LogP contribution is -2.33. The van der Waals surface area contributed by atoms with Crippen LogP contribution in [0.2, 0.25) is 0 Å². The van der Waals surface area contributed by atoms with Gasteiger partial charge in [-0.25, -0.2) is 14.8 Å². The van der Waals surface area contributed by atoms with Crippen molar-refractivity contribution >= 4 is 22.9 Å². The third-order valence-electron chi connectivity index (χ3n) is 5.52. The van der Waals surface area contributed by atoms with E-state index in [1.165, 1.54) is 5.56 Å². The van der Waals surface area contributed by atoms with Crippen LogP contribution in [-0.4, -0.2) is 52.3 Å². The number of anilines is 1. The monoisotopic (exact) mass is 393 g/mol. The highest BCUT2D eigenvalue weighted by atomic mass is 16.5. The zero-order valence-corrected chi connectivity index (χ0v) is 17.2. The van der Waals surface area contributed by atoms with Crippen LogP contribution in [0.5, 0.6) is 0 Å². The number of rotatable bonds is 5. The molecule has 29 heavy (non-hydrogen) atoms. The number of nitrogens with one attached hydrogen (secondary N) is 1. The maximum atomic E-state index is 12.8. The third-order valence-corrected chi connectivity index (χ3v) is 5.52. The summed E-state index contributed by atoms with van der Waals surface area (Å²) >= 11 is 0. The van der Waals surface area contributed by atoms with Gasteiger partial charge in [0.25, 0.3) is 0 Å². The Morgan fingerprint density at radius 1 is 1.31 bits per heavy atom. The first-order valence-electron chi connectivity index (χ1n) is 10.00. The van der Waals surface area contributed by atoms with Crippen molar-refractivity contribution in [2.75, 3.05) is 32.1 Å². The van der Waals surface area contributed by atoms with Crippen LogP contribution in [0.1, 0.15) is 29.3 Å². The van der Waals surface area contributed by atoms with E-state index in [0.717, 1.165) is 34.7 Å². The highest BCUT2D eigenvalue weighted by molar-refractivity contribution is 5.90. The molecule has 1 atom stereocenters.